The number of Topliss-reactive ketones (excluding diaryl/α,β-unsaturated/α-hetero) is 1. The number of benzene rings is 1. The summed E-state index contributed by atoms with van der Waals surface area (Å²) in [5.41, 5.74) is 6.14. The Hall–Kier alpha value is -3.57. The van der Waals surface area contributed by atoms with Crippen molar-refractivity contribution >= 4 is 11.6 Å². The number of methoxy groups -OCH3 is 1. The summed E-state index contributed by atoms with van der Waals surface area (Å²) >= 11 is 0. The van der Waals surface area contributed by atoms with Crippen LogP contribution in [0.2, 0.25) is 0 Å². The Balaban J connectivity index is 1.77. The van der Waals surface area contributed by atoms with Crippen LogP contribution >= 0.6 is 0 Å². The predicted molar refractivity (Wildman–Crippen MR) is 114 cm³/mol. The Morgan fingerprint density at radius 2 is 2.00 bits per heavy atom. The number of nitrogens with one attached hydrogen (secondary N) is 1. The third kappa shape index (κ3) is 4.78. The number of carbonyl (C=O) groups is 1. The molecule has 3 rings (SSSR count). The van der Waals surface area contributed by atoms with E-state index in [1.807, 2.05) is 31.2 Å². The van der Waals surface area contributed by atoms with Gasteiger partial charge in [0.1, 0.15) is 24.0 Å². The molecule has 0 radical (unpaired) electrons. The number of ketones is 1. The lowest BCUT2D eigenvalue weighted by atomic mass is 10.1. The summed E-state index contributed by atoms with van der Waals surface area (Å²) in [7, 11) is 3.26. The van der Waals surface area contributed by atoms with E-state index in [9.17, 15) is 14.4 Å². The summed E-state index contributed by atoms with van der Waals surface area (Å²) in [6.07, 6.45) is 3.07. The summed E-state index contributed by atoms with van der Waals surface area (Å²) in [5.74, 6) is -0.632. The number of ether oxygens (including phenoxy) is 1. The van der Waals surface area contributed by atoms with Crippen LogP contribution in [-0.4, -0.2) is 62.3 Å². The molecule has 0 aliphatic carbocycles. The van der Waals surface area contributed by atoms with Crippen molar-refractivity contribution in [2.75, 3.05) is 33.0 Å². The van der Waals surface area contributed by atoms with Crippen molar-refractivity contribution in [1.29, 1.82) is 0 Å². The number of nitrogens with two attached hydrogens (primary N) is 1. The second kappa shape index (κ2) is 9.49. The maximum Gasteiger partial charge on any atom is 0.330 e. The van der Waals surface area contributed by atoms with Gasteiger partial charge in [0.2, 0.25) is 0 Å². The van der Waals surface area contributed by atoms with Crippen LogP contribution in [0.1, 0.15) is 28.9 Å². The number of rotatable bonds is 9. The molecule has 2 aromatic heterocycles. The molecule has 3 N–H and O–H groups in total. The van der Waals surface area contributed by atoms with Crippen LogP contribution in [0.5, 0.6) is 0 Å². The molecule has 11 heteroatoms. The van der Waals surface area contributed by atoms with Crippen molar-refractivity contribution in [2.24, 2.45) is 0 Å². The fraction of sp³-hybridized carbons (Fsp3) is 0.350. The zero-order valence-electron chi connectivity index (χ0n) is 17.6. The molecule has 0 amide bonds. The minimum atomic E-state index is -0.792. The van der Waals surface area contributed by atoms with Crippen LogP contribution in [0.4, 0.5) is 5.82 Å². The van der Waals surface area contributed by atoms with Gasteiger partial charge >= 0.3 is 5.69 Å². The molecule has 1 aromatic carbocycles. The van der Waals surface area contributed by atoms with E-state index in [4.69, 9.17) is 10.5 Å². The second-order valence-corrected chi connectivity index (χ2v) is 7.11. The number of hydrogen-bond donors (Lipinski definition) is 2. The van der Waals surface area contributed by atoms with Crippen molar-refractivity contribution in [1.82, 2.24) is 29.2 Å². The van der Waals surface area contributed by atoms with E-state index < -0.39 is 17.0 Å². The van der Waals surface area contributed by atoms with Crippen molar-refractivity contribution < 1.29 is 9.53 Å². The van der Waals surface area contributed by atoms with E-state index in [-0.39, 0.29) is 37.1 Å². The highest BCUT2D eigenvalue weighted by Gasteiger charge is 2.22. The normalized spacial score (nSPS) is 12.3. The lowest BCUT2D eigenvalue weighted by molar-refractivity contribution is 0.0923. The van der Waals surface area contributed by atoms with Gasteiger partial charge in [0, 0.05) is 13.2 Å². The fourth-order valence-electron chi connectivity index (χ4n) is 3.21. The Labute approximate surface area is 178 Å². The first kappa shape index (κ1) is 22.1. The molecule has 0 fully saturated rings. The van der Waals surface area contributed by atoms with E-state index in [1.54, 1.807) is 23.0 Å². The number of carbonyl (C=O) groups excluding carboxylic acids is 1. The van der Waals surface area contributed by atoms with E-state index >= 15 is 0 Å². The third-order valence-corrected chi connectivity index (χ3v) is 5.15. The first-order valence-corrected chi connectivity index (χ1v) is 9.63. The van der Waals surface area contributed by atoms with Gasteiger partial charge in [-0.3, -0.25) is 24.0 Å². The number of aromatic amines is 1. The molecule has 0 spiro atoms. The Morgan fingerprint density at radius 1 is 1.29 bits per heavy atom. The summed E-state index contributed by atoms with van der Waals surface area (Å²) in [6, 6.07) is 7.58. The number of anilines is 1. The molecule has 0 saturated heterocycles. The van der Waals surface area contributed by atoms with Crippen LogP contribution in [0.3, 0.4) is 0 Å². The lowest BCUT2D eigenvalue weighted by Gasteiger charge is -2.24. The predicted octanol–water partition coefficient (Wildman–Crippen LogP) is 0.222. The summed E-state index contributed by atoms with van der Waals surface area (Å²) in [4.78, 5) is 45.0. The summed E-state index contributed by atoms with van der Waals surface area (Å²) < 4.78 is 7.73. The minimum Gasteiger partial charge on any atom is -0.384 e. The van der Waals surface area contributed by atoms with Gasteiger partial charge in [-0.1, -0.05) is 12.1 Å². The average molecular weight is 427 g/mol. The average Bonchev–Trinajstić information content (AvgIpc) is 3.28. The van der Waals surface area contributed by atoms with Gasteiger partial charge in [0.05, 0.1) is 25.4 Å². The molecule has 164 valence electrons. The van der Waals surface area contributed by atoms with E-state index in [0.29, 0.717) is 0 Å². The molecule has 11 nitrogen and oxygen atoms in total. The Kier molecular flexibility index (Phi) is 6.78. The first-order chi connectivity index (χ1) is 14.8. The monoisotopic (exact) mass is 427 g/mol. The molecule has 0 bridgehead atoms. The fourth-order valence-corrected chi connectivity index (χ4v) is 3.21. The number of H-pyrrole nitrogens is 1. The molecular weight excluding hydrogens is 402 g/mol. The van der Waals surface area contributed by atoms with Crippen molar-refractivity contribution in [3.8, 4) is 5.69 Å². The van der Waals surface area contributed by atoms with Crippen LogP contribution in [0, 0.1) is 0 Å². The Bertz CT molecular complexity index is 1150. The largest absolute Gasteiger partial charge is 0.384 e. The standard InChI is InChI=1S/C20H25N7O4/c1-13(14-4-6-15(7-5-14)27-12-22-11-23-27)25(2)10-16(28)17-18(21)26(8-9-31-3)20(30)24-19(17)29/h4-7,11-13H,8-10,21H2,1-3H3,(H,24,29,30). The number of aromatic nitrogens is 5. The van der Waals surface area contributed by atoms with Crippen molar-refractivity contribution in [3.63, 3.8) is 0 Å². The molecule has 0 saturated carbocycles. The third-order valence-electron chi connectivity index (χ3n) is 5.15. The molecular formula is C20H25N7O4. The zero-order valence-corrected chi connectivity index (χ0v) is 17.6. The lowest BCUT2D eigenvalue weighted by Crippen LogP contribution is -2.39. The molecule has 3 aromatic rings. The van der Waals surface area contributed by atoms with Crippen LogP contribution in [-0.2, 0) is 11.3 Å². The van der Waals surface area contributed by atoms with Gasteiger partial charge in [-0.15, -0.1) is 0 Å². The SMILES string of the molecule is COCCn1c(N)c(C(=O)CN(C)C(C)c2ccc(-n3cncn3)cc2)c(=O)[nH]c1=O. The molecule has 1 atom stereocenters. The zero-order chi connectivity index (χ0) is 22.5. The van der Waals surface area contributed by atoms with Crippen LogP contribution in [0.25, 0.3) is 5.69 Å². The number of nitrogen functional groups attached to an aromatic ring is 1. The van der Waals surface area contributed by atoms with Crippen molar-refractivity contribution in [3.05, 3.63) is 68.9 Å². The molecule has 1 unspecified atom stereocenters. The highest BCUT2D eigenvalue weighted by Crippen LogP contribution is 2.20. The van der Waals surface area contributed by atoms with E-state index in [0.717, 1.165) is 15.8 Å². The van der Waals surface area contributed by atoms with Crippen LogP contribution in [0.15, 0.2) is 46.5 Å². The van der Waals surface area contributed by atoms with E-state index in [2.05, 4.69) is 15.1 Å². The maximum absolute atomic E-state index is 12.9. The minimum absolute atomic E-state index is 0.0538. The number of hydrogen-bond acceptors (Lipinski definition) is 8. The first-order valence-electron chi connectivity index (χ1n) is 9.63. The molecule has 31 heavy (non-hydrogen) atoms. The van der Waals surface area contributed by atoms with Gasteiger partial charge in [-0.2, -0.15) is 5.10 Å². The number of likely N-dealkylation sites (N-methyl/N-ethyl adjacent to an activating group) is 1. The van der Waals surface area contributed by atoms with Crippen molar-refractivity contribution in [2.45, 2.75) is 19.5 Å². The molecule has 2 heterocycles. The van der Waals surface area contributed by atoms with Gasteiger partial charge in [-0.25, -0.2) is 14.5 Å². The van der Waals surface area contributed by atoms with Gasteiger partial charge in [0.15, 0.2) is 5.78 Å². The topological polar surface area (TPSA) is 141 Å². The quantitative estimate of drug-likeness (QED) is 0.462. The van der Waals surface area contributed by atoms with Gasteiger partial charge < -0.3 is 10.5 Å². The molecule has 0 aliphatic heterocycles. The highest BCUT2D eigenvalue weighted by molar-refractivity contribution is 6.01. The molecule has 0 aliphatic rings. The second-order valence-electron chi connectivity index (χ2n) is 7.11. The van der Waals surface area contributed by atoms with Gasteiger partial charge in [-0.05, 0) is 31.7 Å². The smallest absolute Gasteiger partial charge is 0.330 e. The highest BCUT2D eigenvalue weighted by atomic mass is 16.5. The summed E-state index contributed by atoms with van der Waals surface area (Å²) in [6.45, 7) is 2.24. The Morgan fingerprint density at radius 3 is 2.61 bits per heavy atom. The van der Waals surface area contributed by atoms with E-state index in [1.165, 1.54) is 13.4 Å². The van der Waals surface area contributed by atoms with Gasteiger partial charge in [0.25, 0.3) is 5.56 Å². The summed E-state index contributed by atoms with van der Waals surface area (Å²) in [5, 5.41) is 4.09. The maximum atomic E-state index is 12.9. The number of nitrogens with zero attached hydrogens (tertiary/aromatic N) is 5. The van der Waals surface area contributed by atoms with Crippen LogP contribution < -0.4 is 17.0 Å².